The van der Waals surface area contributed by atoms with E-state index in [0.29, 0.717) is 18.8 Å². The Balaban J connectivity index is 2.28. The molecule has 1 aliphatic rings. The molecular weight excluding hydrogens is 310 g/mol. The van der Waals surface area contributed by atoms with E-state index in [1.54, 1.807) is 6.07 Å². The quantitative estimate of drug-likeness (QED) is 0.783. The molecule has 0 spiro atoms. The van der Waals surface area contributed by atoms with Crippen LogP contribution in [0.15, 0.2) is 23.1 Å². The van der Waals surface area contributed by atoms with Crippen LogP contribution >= 0.6 is 0 Å². The maximum atomic E-state index is 12.5. The van der Waals surface area contributed by atoms with Crippen molar-refractivity contribution in [3.8, 4) is 11.5 Å². The van der Waals surface area contributed by atoms with Gasteiger partial charge in [-0.1, -0.05) is 25.8 Å². The topological polar surface area (TPSA) is 102 Å². The molecule has 1 atom stereocenters. The second-order valence-corrected chi connectivity index (χ2v) is 6.62. The number of nitrogens with one attached hydrogen (secondary N) is 1. The minimum Gasteiger partial charge on any atom is -0.486 e. The van der Waals surface area contributed by atoms with Gasteiger partial charge in [-0.05, 0) is 18.6 Å². The molecule has 0 aliphatic carbocycles. The number of aliphatic carboxylic acids is 1. The summed E-state index contributed by atoms with van der Waals surface area (Å²) in [4.78, 5) is 11.1. The molecule has 0 radical (unpaired) electrons. The lowest BCUT2D eigenvalue weighted by Gasteiger charge is -2.22. The van der Waals surface area contributed by atoms with Gasteiger partial charge in [0.25, 0.3) is 0 Å². The minimum atomic E-state index is -4.01. The minimum absolute atomic E-state index is 0.104. The van der Waals surface area contributed by atoms with Gasteiger partial charge in [0.15, 0.2) is 11.5 Å². The van der Waals surface area contributed by atoms with E-state index in [0.717, 1.165) is 6.42 Å². The molecule has 0 fully saturated rings. The van der Waals surface area contributed by atoms with Crippen molar-refractivity contribution in [2.45, 2.75) is 37.1 Å². The molecule has 1 aromatic rings. The first-order valence-electron chi connectivity index (χ1n) is 7.09. The maximum Gasteiger partial charge on any atom is 0.321 e. The van der Waals surface area contributed by atoms with Gasteiger partial charge in [0.1, 0.15) is 24.2 Å². The van der Waals surface area contributed by atoms with E-state index in [1.165, 1.54) is 12.1 Å². The van der Waals surface area contributed by atoms with Crippen molar-refractivity contribution in [3.63, 3.8) is 0 Å². The Morgan fingerprint density at radius 3 is 2.77 bits per heavy atom. The molecule has 122 valence electrons. The number of carbonyl (C=O) groups is 1. The third-order valence-corrected chi connectivity index (χ3v) is 4.76. The number of hydrogen-bond donors (Lipinski definition) is 2. The number of fused-ring (bicyclic) bond motifs is 1. The summed E-state index contributed by atoms with van der Waals surface area (Å²) in [5.41, 5.74) is 0. The van der Waals surface area contributed by atoms with Gasteiger partial charge in [-0.3, -0.25) is 4.79 Å². The van der Waals surface area contributed by atoms with E-state index < -0.39 is 22.0 Å². The molecule has 0 saturated heterocycles. The largest absolute Gasteiger partial charge is 0.486 e. The second-order valence-electron chi connectivity index (χ2n) is 4.93. The number of para-hydroxylation sites is 1. The second kappa shape index (κ2) is 6.97. The summed E-state index contributed by atoms with van der Waals surface area (Å²) in [5, 5.41) is 9.17. The highest BCUT2D eigenvalue weighted by Crippen LogP contribution is 2.36. The lowest BCUT2D eigenvalue weighted by atomic mass is 10.1. The van der Waals surface area contributed by atoms with E-state index >= 15 is 0 Å². The molecule has 2 N–H and O–H groups in total. The average Bonchev–Trinajstić information content (AvgIpc) is 2.50. The fraction of sp³-hybridized carbons (Fsp3) is 0.500. The molecule has 22 heavy (non-hydrogen) atoms. The van der Waals surface area contributed by atoms with Gasteiger partial charge < -0.3 is 14.6 Å². The Hall–Kier alpha value is -1.80. The molecule has 7 nitrogen and oxygen atoms in total. The van der Waals surface area contributed by atoms with Crippen LogP contribution in [0.2, 0.25) is 0 Å². The van der Waals surface area contributed by atoms with Crippen molar-refractivity contribution in [1.29, 1.82) is 0 Å². The smallest absolute Gasteiger partial charge is 0.321 e. The van der Waals surface area contributed by atoms with Crippen LogP contribution in [-0.4, -0.2) is 38.7 Å². The van der Waals surface area contributed by atoms with Crippen LogP contribution in [0.1, 0.15) is 26.2 Å². The molecule has 8 heteroatoms. The SMILES string of the molecule is CCCC[C@H](NS(=O)(=O)c1cccc2c1OCCO2)C(=O)O. The van der Waals surface area contributed by atoms with Crippen molar-refractivity contribution < 1.29 is 27.8 Å². The molecule has 0 saturated carbocycles. The van der Waals surface area contributed by atoms with Crippen LogP contribution in [0, 0.1) is 0 Å². The first-order valence-corrected chi connectivity index (χ1v) is 8.57. The Morgan fingerprint density at radius 2 is 2.09 bits per heavy atom. The molecule has 1 aliphatic heterocycles. The molecule has 0 amide bonds. The number of carboxylic acids is 1. The van der Waals surface area contributed by atoms with Crippen LogP contribution in [0.5, 0.6) is 11.5 Å². The summed E-state index contributed by atoms with van der Waals surface area (Å²) in [5.74, 6) is -0.727. The van der Waals surface area contributed by atoms with Gasteiger partial charge in [-0.2, -0.15) is 4.72 Å². The number of benzene rings is 1. The highest BCUT2D eigenvalue weighted by molar-refractivity contribution is 7.89. The normalized spacial score (nSPS) is 15.3. The fourth-order valence-corrected chi connectivity index (χ4v) is 3.53. The summed E-state index contributed by atoms with van der Waals surface area (Å²) in [6, 6.07) is 3.35. The summed E-state index contributed by atoms with van der Waals surface area (Å²) in [6.07, 6.45) is 1.63. The first kappa shape index (κ1) is 16.6. The number of sulfonamides is 1. The van der Waals surface area contributed by atoms with Gasteiger partial charge in [0, 0.05) is 0 Å². The van der Waals surface area contributed by atoms with E-state index in [9.17, 15) is 13.2 Å². The van der Waals surface area contributed by atoms with Crippen molar-refractivity contribution in [2.75, 3.05) is 13.2 Å². The third-order valence-electron chi connectivity index (χ3n) is 3.26. The van der Waals surface area contributed by atoms with Crippen LogP contribution < -0.4 is 14.2 Å². The van der Waals surface area contributed by atoms with Gasteiger partial charge >= 0.3 is 5.97 Å². The third kappa shape index (κ3) is 3.69. The lowest BCUT2D eigenvalue weighted by Crippen LogP contribution is -2.40. The number of rotatable bonds is 7. The standard InChI is InChI=1S/C14H19NO6S/c1-2-3-5-10(14(16)17)15-22(18,19)12-7-4-6-11-13(12)21-9-8-20-11/h4,6-7,10,15H,2-3,5,8-9H2,1H3,(H,16,17)/t10-/m0/s1. The Labute approximate surface area is 129 Å². The van der Waals surface area contributed by atoms with Crippen molar-refractivity contribution >= 4 is 16.0 Å². The predicted molar refractivity (Wildman–Crippen MR) is 78.7 cm³/mol. The molecular formula is C14H19NO6S. The van der Waals surface area contributed by atoms with Crippen LogP contribution in [0.4, 0.5) is 0 Å². The van der Waals surface area contributed by atoms with E-state index in [1.807, 2.05) is 6.92 Å². The Bertz CT molecular complexity index is 643. The zero-order valence-electron chi connectivity index (χ0n) is 12.2. The zero-order valence-corrected chi connectivity index (χ0v) is 13.1. The van der Waals surface area contributed by atoms with Crippen molar-refractivity contribution in [3.05, 3.63) is 18.2 Å². The lowest BCUT2D eigenvalue weighted by molar-refractivity contribution is -0.139. The number of carboxylic acid groups (broad SMARTS) is 1. The Kier molecular flexibility index (Phi) is 5.25. The summed E-state index contributed by atoms with van der Waals surface area (Å²) in [6.45, 7) is 2.50. The van der Waals surface area contributed by atoms with Gasteiger partial charge in [0.2, 0.25) is 10.0 Å². The highest BCUT2D eigenvalue weighted by atomic mass is 32.2. The number of unbranched alkanes of at least 4 members (excludes halogenated alkanes) is 1. The van der Waals surface area contributed by atoms with Crippen LogP contribution in [0.3, 0.4) is 0 Å². The molecule has 0 aromatic heterocycles. The number of ether oxygens (including phenoxy) is 2. The summed E-state index contributed by atoms with van der Waals surface area (Å²) >= 11 is 0. The zero-order chi connectivity index (χ0) is 16.2. The fourth-order valence-electron chi connectivity index (χ4n) is 2.15. The molecule has 2 rings (SSSR count). The van der Waals surface area contributed by atoms with E-state index in [4.69, 9.17) is 14.6 Å². The van der Waals surface area contributed by atoms with E-state index in [2.05, 4.69) is 4.72 Å². The summed E-state index contributed by atoms with van der Waals surface area (Å²) in [7, 11) is -4.01. The van der Waals surface area contributed by atoms with Gasteiger partial charge in [-0.15, -0.1) is 0 Å². The average molecular weight is 329 g/mol. The first-order chi connectivity index (χ1) is 10.5. The van der Waals surface area contributed by atoms with Gasteiger partial charge in [0.05, 0.1) is 0 Å². The highest BCUT2D eigenvalue weighted by Gasteiger charge is 2.29. The molecule has 1 aromatic carbocycles. The van der Waals surface area contributed by atoms with Crippen LogP contribution in [0.25, 0.3) is 0 Å². The van der Waals surface area contributed by atoms with Gasteiger partial charge in [-0.25, -0.2) is 8.42 Å². The van der Waals surface area contributed by atoms with Crippen molar-refractivity contribution in [2.24, 2.45) is 0 Å². The molecule has 0 bridgehead atoms. The number of hydrogen-bond acceptors (Lipinski definition) is 5. The van der Waals surface area contributed by atoms with E-state index in [-0.39, 0.29) is 23.7 Å². The van der Waals surface area contributed by atoms with Crippen LogP contribution in [-0.2, 0) is 14.8 Å². The molecule has 0 unspecified atom stereocenters. The maximum absolute atomic E-state index is 12.5. The Morgan fingerprint density at radius 1 is 1.36 bits per heavy atom. The van der Waals surface area contributed by atoms with Crippen molar-refractivity contribution in [1.82, 2.24) is 4.72 Å². The summed E-state index contributed by atoms with van der Waals surface area (Å²) < 4.78 is 37.9. The monoisotopic (exact) mass is 329 g/mol. The molecule has 1 heterocycles. The predicted octanol–water partition coefficient (Wildman–Crippen LogP) is 1.38.